The van der Waals surface area contributed by atoms with E-state index in [4.69, 9.17) is 17.3 Å². The van der Waals surface area contributed by atoms with E-state index in [0.717, 1.165) is 34.1 Å². The highest BCUT2D eigenvalue weighted by molar-refractivity contribution is 6.30. The molecule has 18 heavy (non-hydrogen) atoms. The molecular weight excluding hydrogens is 246 g/mol. The first-order valence-corrected chi connectivity index (χ1v) is 6.41. The quantitative estimate of drug-likeness (QED) is 0.925. The van der Waals surface area contributed by atoms with Crippen LogP contribution in [0.25, 0.3) is 5.69 Å². The number of hydrogen-bond donors (Lipinski definition) is 1. The first-order valence-electron chi connectivity index (χ1n) is 6.04. The highest BCUT2D eigenvalue weighted by Gasteiger charge is 2.11. The van der Waals surface area contributed by atoms with Crippen LogP contribution in [0.1, 0.15) is 23.9 Å². The summed E-state index contributed by atoms with van der Waals surface area (Å²) < 4.78 is 2.09. The molecule has 0 spiro atoms. The average Bonchev–Trinajstić information content (AvgIpc) is 2.60. The van der Waals surface area contributed by atoms with Gasteiger partial charge in [-0.1, -0.05) is 11.6 Å². The molecule has 0 aliphatic heterocycles. The normalized spacial score (nSPS) is 12.7. The van der Waals surface area contributed by atoms with Gasteiger partial charge in [0.2, 0.25) is 0 Å². The van der Waals surface area contributed by atoms with Crippen LogP contribution in [0.4, 0.5) is 0 Å². The molecule has 0 fully saturated rings. The Morgan fingerprint density at radius 1 is 1.39 bits per heavy atom. The minimum Gasteiger partial charge on any atom is -0.328 e. The van der Waals surface area contributed by atoms with E-state index < -0.39 is 0 Å². The van der Waals surface area contributed by atoms with E-state index in [9.17, 15) is 0 Å². The van der Waals surface area contributed by atoms with Gasteiger partial charge >= 0.3 is 0 Å². The van der Waals surface area contributed by atoms with Crippen molar-refractivity contribution in [2.45, 2.75) is 33.2 Å². The average molecular weight is 264 g/mol. The summed E-state index contributed by atoms with van der Waals surface area (Å²) in [5.41, 5.74) is 10.3. The molecule has 0 aliphatic rings. The second kappa shape index (κ2) is 5.12. The van der Waals surface area contributed by atoms with Crippen LogP contribution in [0, 0.1) is 13.8 Å². The minimum atomic E-state index is 0.104. The molecule has 1 heterocycles. The molecular formula is C14H18ClN3. The SMILES string of the molecule is Cc1ncn(-c2ccc(Cl)cc2CC(C)N)c1C. The van der Waals surface area contributed by atoms with Crippen molar-refractivity contribution in [3.05, 3.63) is 46.5 Å². The zero-order valence-corrected chi connectivity index (χ0v) is 11.7. The van der Waals surface area contributed by atoms with Crippen molar-refractivity contribution in [3.8, 4) is 5.69 Å². The van der Waals surface area contributed by atoms with Crippen LogP contribution in [0.5, 0.6) is 0 Å². The van der Waals surface area contributed by atoms with Gasteiger partial charge in [0, 0.05) is 16.8 Å². The molecule has 1 aromatic carbocycles. The molecule has 0 aliphatic carbocycles. The highest BCUT2D eigenvalue weighted by atomic mass is 35.5. The van der Waals surface area contributed by atoms with Gasteiger partial charge in [-0.05, 0) is 51.0 Å². The van der Waals surface area contributed by atoms with Crippen molar-refractivity contribution in [3.63, 3.8) is 0 Å². The second-order valence-corrected chi connectivity index (χ2v) is 5.18. The predicted octanol–water partition coefficient (Wildman–Crippen LogP) is 3.03. The number of aromatic nitrogens is 2. The molecule has 2 rings (SSSR count). The highest BCUT2D eigenvalue weighted by Crippen LogP contribution is 2.23. The number of rotatable bonds is 3. The van der Waals surface area contributed by atoms with Gasteiger partial charge in [-0.15, -0.1) is 0 Å². The molecule has 0 saturated carbocycles. The summed E-state index contributed by atoms with van der Waals surface area (Å²) in [5, 5.41) is 0.740. The fraction of sp³-hybridized carbons (Fsp3) is 0.357. The lowest BCUT2D eigenvalue weighted by Gasteiger charge is -2.14. The topological polar surface area (TPSA) is 43.8 Å². The first kappa shape index (κ1) is 13.1. The fourth-order valence-corrected chi connectivity index (χ4v) is 2.24. The number of aryl methyl sites for hydroxylation is 1. The smallest absolute Gasteiger partial charge is 0.0997 e. The van der Waals surface area contributed by atoms with Crippen LogP contribution in [-0.2, 0) is 6.42 Å². The lowest BCUT2D eigenvalue weighted by Crippen LogP contribution is -2.19. The summed E-state index contributed by atoms with van der Waals surface area (Å²) in [7, 11) is 0. The maximum Gasteiger partial charge on any atom is 0.0997 e. The van der Waals surface area contributed by atoms with Gasteiger partial charge in [0.1, 0.15) is 0 Å². The van der Waals surface area contributed by atoms with E-state index in [1.54, 1.807) is 0 Å². The Morgan fingerprint density at radius 3 is 2.67 bits per heavy atom. The van der Waals surface area contributed by atoms with Gasteiger partial charge in [0.05, 0.1) is 17.7 Å². The number of halogens is 1. The van der Waals surface area contributed by atoms with Crippen molar-refractivity contribution < 1.29 is 0 Å². The summed E-state index contributed by atoms with van der Waals surface area (Å²) in [4.78, 5) is 4.33. The molecule has 0 amide bonds. The van der Waals surface area contributed by atoms with Gasteiger partial charge in [-0.3, -0.25) is 0 Å². The number of nitrogens with two attached hydrogens (primary N) is 1. The van der Waals surface area contributed by atoms with E-state index in [2.05, 4.69) is 16.5 Å². The lowest BCUT2D eigenvalue weighted by molar-refractivity contribution is 0.732. The zero-order valence-electron chi connectivity index (χ0n) is 10.9. The number of benzene rings is 1. The maximum absolute atomic E-state index is 6.07. The zero-order chi connectivity index (χ0) is 13.3. The van der Waals surface area contributed by atoms with Gasteiger partial charge < -0.3 is 10.3 Å². The van der Waals surface area contributed by atoms with Gasteiger partial charge in [0.15, 0.2) is 0 Å². The Labute approximate surface area is 113 Å². The fourth-order valence-electron chi connectivity index (χ4n) is 2.04. The third kappa shape index (κ3) is 2.57. The molecule has 3 nitrogen and oxygen atoms in total. The van der Waals surface area contributed by atoms with Crippen molar-refractivity contribution in [2.75, 3.05) is 0 Å². The molecule has 4 heteroatoms. The van der Waals surface area contributed by atoms with Crippen molar-refractivity contribution >= 4 is 11.6 Å². The number of imidazole rings is 1. The third-order valence-electron chi connectivity index (χ3n) is 3.09. The maximum atomic E-state index is 6.07. The van der Waals surface area contributed by atoms with Crippen molar-refractivity contribution in [2.24, 2.45) is 5.73 Å². The summed E-state index contributed by atoms with van der Waals surface area (Å²) >= 11 is 6.07. The molecule has 1 unspecified atom stereocenters. The summed E-state index contributed by atoms with van der Waals surface area (Å²) in [5.74, 6) is 0. The predicted molar refractivity (Wildman–Crippen MR) is 75.4 cm³/mol. The summed E-state index contributed by atoms with van der Waals surface area (Å²) in [6.07, 6.45) is 2.64. The Hall–Kier alpha value is -1.32. The van der Waals surface area contributed by atoms with E-state index in [1.165, 1.54) is 0 Å². The summed E-state index contributed by atoms with van der Waals surface area (Å²) in [6.45, 7) is 6.07. The van der Waals surface area contributed by atoms with Crippen LogP contribution in [-0.4, -0.2) is 15.6 Å². The Morgan fingerprint density at radius 2 is 2.11 bits per heavy atom. The molecule has 1 atom stereocenters. The van der Waals surface area contributed by atoms with Crippen LogP contribution in [0.3, 0.4) is 0 Å². The van der Waals surface area contributed by atoms with Gasteiger partial charge in [0.25, 0.3) is 0 Å². The molecule has 96 valence electrons. The van der Waals surface area contributed by atoms with Crippen LogP contribution in [0.2, 0.25) is 5.02 Å². The van der Waals surface area contributed by atoms with Crippen LogP contribution >= 0.6 is 11.6 Å². The van der Waals surface area contributed by atoms with E-state index in [0.29, 0.717) is 0 Å². The van der Waals surface area contributed by atoms with Crippen LogP contribution < -0.4 is 5.73 Å². The van der Waals surface area contributed by atoms with Crippen LogP contribution in [0.15, 0.2) is 24.5 Å². The molecule has 2 aromatic rings. The molecule has 1 aromatic heterocycles. The van der Waals surface area contributed by atoms with E-state index in [1.807, 2.05) is 38.4 Å². The lowest BCUT2D eigenvalue weighted by atomic mass is 10.1. The molecule has 2 N–H and O–H groups in total. The van der Waals surface area contributed by atoms with Crippen molar-refractivity contribution in [1.82, 2.24) is 9.55 Å². The number of nitrogens with zero attached hydrogens (tertiary/aromatic N) is 2. The van der Waals surface area contributed by atoms with Gasteiger partial charge in [-0.2, -0.15) is 0 Å². The Kier molecular flexibility index (Phi) is 3.73. The van der Waals surface area contributed by atoms with E-state index in [-0.39, 0.29) is 6.04 Å². The molecule has 0 saturated heterocycles. The monoisotopic (exact) mass is 263 g/mol. The first-order chi connectivity index (χ1) is 8.49. The molecule has 0 bridgehead atoms. The van der Waals surface area contributed by atoms with Crippen molar-refractivity contribution in [1.29, 1.82) is 0 Å². The summed E-state index contributed by atoms with van der Waals surface area (Å²) in [6, 6.07) is 6.01. The second-order valence-electron chi connectivity index (χ2n) is 4.74. The number of hydrogen-bond acceptors (Lipinski definition) is 2. The van der Waals surface area contributed by atoms with E-state index >= 15 is 0 Å². The standard InChI is InChI=1S/C14H18ClN3/c1-9(16)6-12-7-13(15)4-5-14(12)18-8-17-10(2)11(18)3/h4-5,7-9H,6,16H2,1-3H3. The minimum absolute atomic E-state index is 0.104. The largest absolute Gasteiger partial charge is 0.328 e. The third-order valence-corrected chi connectivity index (χ3v) is 3.33. The Balaban J connectivity index is 2.53. The molecule has 0 radical (unpaired) electrons. The Bertz CT molecular complexity index is 558. The van der Waals surface area contributed by atoms with Gasteiger partial charge in [-0.25, -0.2) is 4.98 Å².